The summed E-state index contributed by atoms with van der Waals surface area (Å²) in [5, 5.41) is 9.43. The SMILES string of the molecule is Cc1cnc(C(C)NS(=O)(=O)c2ccc(C#N)cc2)s1. The molecule has 0 saturated heterocycles. The maximum Gasteiger partial charge on any atom is 0.241 e. The minimum atomic E-state index is -3.62. The quantitative estimate of drug-likeness (QED) is 0.940. The van der Waals surface area contributed by atoms with Crippen molar-refractivity contribution in [3.8, 4) is 6.07 Å². The molecule has 0 bridgehead atoms. The zero-order chi connectivity index (χ0) is 14.8. The lowest BCUT2D eigenvalue weighted by atomic mass is 10.2. The lowest BCUT2D eigenvalue weighted by molar-refractivity contribution is 0.566. The predicted octanol–water partition coefficient (Wildman–Crippen LogP) is 2.36. The maximum atomic E-state index is 12.2. The van der Waals surface area contributed by atoms with Crippen LogP contribution in [0.1, 0.15) is 28.4 Å². The molecule has 7 heteroatoms. The molecule has 0 spiro atoms. The third-order valence-electron chi connectivity index (χ3n) is 2.64. The number of sulfonamides is 1. The van der Waals surface area contributed by atoms with Gasteiger partial charge in [0.2, 0.25) is 10.0 Å². The van der Waals surface area contributed by atoms with Gasteiger partial charge < -0.3 is 0 Å². The topological polar surface area (TPSA) is 82.8 Å². The van der Waals surface area contributed by atoms with Crippen molar-refractivity contribution >= 4 is 21.4 Å². The molecule has 1 aromatic carbocycles. The van der Waals surface area contributed by atoms with Gasteiger partial charge in [0.25, 0.3) is 0 Å². The minimum Gasteiger partial charge on any atom is -0.248 e. The summed E-state index contributed by atoms with van der Waals surface area (Å²) in [5.41, 5.74) is 0.424. The van der Waals surface area contributed by atoms with Crippen LogP contribution in [-0.4, -0.2) is 13.4 Å². The van der Waals surface area contributed by atoms with Crippen molar-refractivity contribution in [2.24, 2.45) is 0 Å². The number of hydrogen-bond donors (Lipinski definition) is 1. The second-order valence-corrected chi connectivity index (χ2v) is 7.27. The van der Waals surface area contributed by atoms with Gasteiger partial charge in [-0.3, -0.25) is 0 Å². The van der Waals surface area contributed by atoms with Crippen LogP contribution in [0.2, 0.25) is 0 Å². The van der Waals surface area contributed by atoms with Crippen LogP contribution in [0, 0.1) is 18.3 Å². The first kappa shape index (κ1) is 14.7. The highest BCUT2D eigenvalue weighted by Crippen LogP contribution is 2.21. The normalized spacial score (nSPS) is 12.8. The summed E-state index contributed by atoms with van der Waals surface area (Å²) in [6, 6.07) is 7.35. The molecule has 1 heterocycles. The zero-order valence-electron chi connectivity index (χ0n) is 11.0. The van der Waals surface area contributed by atoms with Crippen molar-refractivity contribution in [2.75, 3.05) is 0 Å². The Hall–Kier alpha value is -1.75. The Bertz CT molecular complexity index is 743. The van der Waals surface area contributed by atoms with Crippen LogP contribution in [0.4, 0.5) is 0 Å². The summed E-state index contributed by atoms with van der Waals surface area (Å²) in [4.78, 5) is 5.34. The Balaban J connectivity index is 2.20. The molecular weight excluding hydrogens is 294 g/mol. The van der Waals surface area contributed by atoms with Crippen molar-refractivity contribution in [3.63, 3.8) is 0 Å². The Kier molecular flexibility index (Phi) is 4.18. The molecule has 0 aliphatic heterocycles. The average molecular weight is 307 g/mol. The van der Waals surface area contributed by atoms with Crippen LogP contribution in [-0.2, 0) is 10.0 Å². The van der Waals surface area contributed by atoms with Crippen LogP contribution in [0.3, 0.4) is 0 Å². The lowest BCUT2D eigenvalue weighted by Crippen LogP contribution is -2.26. The van der Waals surface area contributed by atoms with E-state index >= 15 is 0 Å². The number of rotatable bonds is 4. The number of aromatic nitrogens is 1. The molecule has 0 aliphatic carbocycles. The van der Waals surface area contributed by atoms with Gasteiger partial charge >= 0.3 is 0 Å². The van der Waals surface area contributed by atoms with Gasteiger partial charge in [0.1, 0.15) is 5.01 Å². The van der Waals surface area contributed by atoms with Gasteiger partial charge in [-0.05, 0) is 38.1 Å². The molecule has 1 atom stereocenters. The van der Waals surface area contributed by atoms with E-state index in [1.54, 1.807) is 13.1 Å². The van der Waals surface area contributed by atoms with E-state index in [1.165, 1.54) is 35.6 Å². The molecule has 0 fully saturated rings. The Morgan fingerprint density at radius 2 is 2.00 bits per heavy atom. The van der Waals surface area contributed by atoms with E-state index in [0.717, 1.165) is 9.88 Å². The third kappa shape index (κ3) is 3.22. The molecule has 0 amide bonds. The van der Waals surface area contributed by atoms with Gasteiger partial charge in [-0.25, -0.2) is 18.1 Å². The maximum absolute atomic E-state index is 12.2. The van der Waals surface area contributed by atoms with Crippen LogP contribution in [0.5, 0.6) is 0 Å². The highest BCUT2D eigenvalue weighted by atomic mass is 32.2. The highest BCUT2D eigenvalue weighted by molar-refractivity contribution is 7.89. The molecule has 5 nitrogen and oxygen atoms in total. The van der Waals surface area contributed by atoms with Gasteiger partial charge in [-0.2, -0.15) is 5.26 Å². The number of nitrogens with one attached hydrogen (secondary N) is 1. The molecule has 0 saturated carbocycles. The van der Waals surface area contributed by atoms with Crippen molar-refractivity contribution in [1.82, 2.24) is 9.71 Å². The summed E-state index contributed by atoms with van der Waals surface area (Å²) >= 11 is 1.46. The molecule has 20 heavy (non-hydrogen) atoms. The van der Waals surface area contributed by atoms with E-state index in [9.17, 15) is 8.42 Å². The summed E-state index contributed by atoms with van der Waals surface area (Å²) in [6.45, 7) is 3.67. The minimum absolute atomic E-state index is 0.136. The molecule has 1 aromatic heterocycles. The monoisotopic (exact) mass is 307 g/mol. The van der Waals surface area contributed by atoms with Gasteiger partial charge in [-0.1, -0.05) is 0 Å². The van der Waals surface area contributed by atoms with Crippen LogP contribution < -0.4 is 4.72 Å². The fourth-order valence-electron chi connectivity index (χ4n) is 1.63. The molecule has 0 aliphatic rings. The van der Waals surface area contributed by atoms with E-state index in [2.05, 4.69) is 9.71 Å². The molecule has 0 radical (unpaired) electrons. The first-order chi connectivity index (χ1) is 9.42. The second kappa shape index (κ2) is 5.71. The van der Waals surface area contributed by atoms with Crippen molar-refractivity contribution in [3.05, 3.63) is 45.9 Å². The van der Waals surface area contributed by atoms with E-state index < -0.39 is 16.1 Å². The summed E-state index contributed by atoms with van der Waals surface area (Å²) in [5.74, 6) is 0. The summed E-state index contributed by atoms with van der Waals surface area (Å²) in [7, 11) is -3.62. The molecule has 1 unspecified atom stereocenters. The number of nitriles is 1. The van der Waals surface area contributed by atoms with Crippen molar-refractivity contribution < 1.29 is 8.42 Å². The van der Waals surface area contributed by atoms with Crippen LogP contribution in [0.25, 0.3) is 0 Å². The fourth-order valence-corrected chi connectivity index (χ4v) is 3.69. The fraction of sp³-hybridized carbons (Fsp3) is 0.231. The second-order valence-electron chi connectivity index (χ2n) is 4.29. The first-order valence-electron chi connectivity index (χ1n) is 5.87. The molecule has 2 aromatic rings. The molecule has 104 valence electrons. The molecule has 2 rings (SSSR count). The van der Waals surface area contributed by atoms with E-state index in [0.29, 0.717) is 5.56 Å². The van der Waals surface area contributed by atoms with Crippen molar-refractivity contribution in [2.45, 2.75) is 24.8 Å². The number of hydrogen-bond acceptors (Lipinski definition) is 5. The first-order valence-corrected chi connectivity index (χ1v) is 8.17. The smallest absolute Gasteiger partial charge is 0.241 e. The van der Waals surface area contributed by atoms with Gasteiger partial charge in [-0.15, -0.1) is 11.3 Å². The zero-order valence-corrected chi connectivity index (χ0v) is 12.6. The van der Waals surface area contributed by atoms with E-state index in [1.807, 2.05) is 13.0 Å². The summed E-state index contributed by atoms with van der Waals surface area (Å²) in [6.07, 6.45) is 1.71. The number of aryl methyl sites for hydroxylation is 1. The van der Waals surface area contributed by atoms with Gasteiger partial charge in [0.15, 0.2) is 0 Å². The van der Waals surface area contributed by atoms with Gasteiger partial charge in [0, 0.05) is 11.1 Å². The standard InChI is InChI=1S/C13H13N3O2S2/c1-9-8-15-13(19-9)10(2)16-20(17,18)12-5-3-11(7-14)4-6-12/h3-6,8,10,16H,1-2H3. The van der Waals surface area contributed by atoms with Gasteiger partial charge in [0.05, 0.1) is 22.6 Å². The lowest BCUT2D eigenvalue weighted by Gasteiger charge is -2.11. The average Bonchev–Trinajstić information content (AvgIpc) is 2.85. The Labute approximate surface area is 122 Å². The largest absolute Gasteiger partial charge is 0.248 e. The van der Waals surface area contributed by atoms with Crippen LogP contribution in [0.15, 0.2) is 35.4 Å². The summed E-state index contributed by atoms with van der Waals surface area (Å²) < 4.78 is 27.0. The molecular formula is C13H13N3O2S2. The third-order valence-corrected chi connectivity index (χ3v) is 5.29. The van der Waals surface area contributed by atoms with E-state index in [4.69, 9.17) is 5.26 Å². The predicted molar refractivity (Wildman–Crippen MR) is 76.7 cm³/mol. The molecule has 1 N–H and O–H groups in total. The number of thiazole rings is 1. The highest BCUT2D eigenvalue weighted by Gasteiger charge is 2.20. The Morgan fingerprint density at radius 3 is 2.50 bits per heavy atom. The van der Waals surface area contributed by atoms with Crippen molar-refractivity contribution in [1.29, 1.82) is 5.26 Å². The number of benzene rings is 1. The van der Waals surface area contributed by atoms with Crippen LogP contribution >= 0.6 is 11.3 Å². The number of nitrogens with zero attached hydrogens (tertiary/aromatic N) is 2. The Morgan fingerprint density at radius 1 is 1.35 bits per heavy atom. The van der Waals surface area contributed by atoms with E-state index in [-0.39, 0.29) is 4.90 Å².